The van der Waals surface area contributed by atoms with E-state index in [9.17, 15) is 8.42 Å². The molecule has 2 heterocycles. The van der Waals surface area contributed by atoms with E-state index < -0.39 is 10.0 Å². The van der Waals surface area contributed by atoms with Gasteiger partial charge >= 0.3 is 0 Å². The fourth-order valence-corrected chi connectivity index (χ4v) is 4.95. The zero-order valence-corrected chi connectivity index (χ0v) is 15.1. The van der Waals surface area contributed by atoms with Crippen LogP contribution in [0.3, 0.4) is 0 Å². The SMILES string of the molecule is CC1NNCC1CNCc1cccc(S(=O)(=O)N2CCCCC2)c1. The predicted octanol–water partition coefficient (Wildman–Crippen LogP) is 1.06. The standard InChI is InChI=1S/C17H28N4O2S/c1-14-16(13-19-20-14)12-18-11-15-6-5-7-17(10-15)24(22,23)21-8-3-2-4-9-21/h5-7,10,14,16,18-20H,2-4,8-9,11-13H2,1H3. The summed E-state index contributed by atoms with van der Waals surface area (Å²) in [6, 6.07) is 7.79. The Bertz CT molecular complexity index is 644. The largest absolute Gasteiger partial charge is 0.312 e. The molecule has 2 saturated heterocycles. The van der Waals surface area contributed by atoms with Crippen molar-refractivity contribution in [1.82, 2.24) is 20.5 Å². The van der Waals surface area contributed by atoms with Gasteiger partial charge in [0.05, 0.1) is 4.90 Å². The molecule has 0 aliphatic carbocycles. The molecule has 0 saturated carbocycles. The molecule has 0 spiro atoms. The summed E-state index contributed by atoms with van der Waals surface area (Å²) in [5.41, 5.74) is 7.38. The number of benzene rings is 1. The number of rotatable bonds is 6. The molecule has 3 rings (SSSR count). The van der Waals surface area contributed by atoms with E-state index in [1.807, 2.05) is 18.2 Å². The highest BCUT2D eigenvalue weighted by Gasteiger charge is 2.26. The van der Waals surface area contributed by atoms with Crippen LogP contribution in [-0.2, 0) is 16.6 Å². The predicted molar refractivity (Wildman–Crippen MR) is 94.8 cm³/mol. The minimum absolute atomic E-state index is 0.418. The second-order valence-electron chi connectivity index (χ2n) is 6.82. The summed E-state index contributed by atoms with van der Waals surface area (Å²) < 4.78 is 27.1. The maximum atomic E-state index is 12.8. The molecular weight excluding hydrogens is 324 g/mol. The van der Waals surface area contributed by atoms with Crippen molar-refractivity contribution in [3.63, 3.8) is 0 Å². The highest BCUT2D eigenvalue weighted by molar-refractivity contribution is 7.89. The van der Waals surface area contributed by atoms with Gasteiger partial charge in [-0.15, -0.1) is 0 Å². The molecule has 2 fully saturated rings. The Hall–Kier alpha value is -0.990. The Balaban J connectivity index is 1.61. The van der Waals surface area contributed by atoms with Gasteiger partial charge in [0.25, 0.3) is 0 Å². The fraction of sp³-hybridized carbons (Fsp3) is 0.647. The molecule has 0 bridgehead atoms. The average molecular weight is 353 g/mol. The number of hydrogen-bond acceptors (Lipinski definition) is 5. The van der Waals surface area contributed by atoms with Crippen LogP contribution in [-0.4, -0.2) is 44.9 Å². The highest BCUT2D eigenvalue weighted by Crippen LogP contribution is 2.21. The lowest BCUT2D eigenvalue weighted by molar-refractivity contribution is 0.346. The Morgan fingerprint density at radius 3 is 2.75 bits per heavy atom. The molecule has 2 aliphatic rings. The summed E-state index contributed by atoms with van der Waals surface area (Å²) >= 11 is 0. The first kappa shape index (κ1) is 17.8. The molecule has 2 atom stereocenters. The van der Waals surface area contributed by atoms with Crippen LogP contribution in [0.4, 0.5) is 0 Å². The monoisotopic (exact) mass is 352 g/mol. The van der Waals surface area contributed by atoms with E-state index in [4.69, 9.17) is 0 Å². The third-order valence-corrected chi connectivity index (χ3v) is 6.88. The zero-order valence-electron chi connectivity index (χ0n) is 14.3. The zero-order chi connectivity index (χ0) is 17.0. The normalized spacial score (nSPS) is 25.9. The minimum Gasteiger partial charge on any atom is -0.312 e. The summed E-state index contributed by atoms with van der Waals surface area (Å²) in [4.78, 5) is 0.418. The summed E-state index contributed by atoms with van der Waals surface area (Å²) in [6.45, 7) is 6.00. The van der Waals surface area contributed by atoms with Crippen LogP contribution >= 0.6 is 0 Å². The van der Waals surface area contributed by atoms with Crippen molar-refractivity contribution in [3.05, 3.63) is 29.8 Å². The second kappa shape index (κ2) is 7.93. The lowest BCUT2D eigenvalue weighted by Gasteiger charge is -2.26. The third kappa shape index (κ3) is 4.15. The number of hydrogen-bond donors (Lipinski definition) is 3. The quantitative estimate of drug-likeness (QED) is 0.714. The number of hydrazine groups is 1. The van der Waals surface area contributed by atoms with E-state index in [0.717, 1.165) is 37.9 Å². The minimum atomic E-state index is -3.35. The van der Waals surface area contributed by atoms with Gasteiger partial charge < -0.3 is 5.32 Å². The van der Waals surface area contributed by atoms with E-state index in [2.05, 4.69) is 23.1 Å². The third-order valence-electron chi connectivity index (χ3n) is 4.99. The van der Waals surface area contributed by atoms with Crippen LogP contribution in [0.25, 0.3) is 0 Å². The van der Waals surface area contributed by atoms with Gasteiger partial charge in [0.15, 0.2) is 0 Å². The van der Waals surface area contributed by atoms with Gasteiger partial charge in [0, 0.05) is 44.7 Å². The van der Waals surface area contributed by atoms with Gasteiger partial charge in [0.1, 0.15) is 0 Å². The van der Waals surface area contributed by atoms with Crippen LogP contribution in [0, 0.1) is 5.92 Å². The first-order valence-corrected chi connectivity index (χ1v) is 10.3. The lowest BCUT2D eigenvalue weighted by Crippen LogP contribution is -2.35. The summed E-state index contributed by atoms with van der Waals surface area (Å²) in [6.07, 6.45) is 3.05. The Kier molecular flexibility index (Phi) is 5.89. The van der Waals surface area contributed by atoms with Crippen molar-refractivity contribution in [3.8, 4) is 0 Å². The van der Waals surface area contributed by atoms with E-state index in [-0.39, 0.29) is 0 Å². The molecule has 0 radical (unpaired) electrons. The Morgan fingerprint density at radius 1 is 1.25 bits per heavy atom. The van der Waals surface area contributed by atoms with Crippen molar-refractivity contribution in [2.45, 2.75) is 43.7 Å². The topological polar surface area (TPSA) is 73.5 Å². The van der Waals surface area contributed by atoms with Crippen LogP contribution in [0.1, 0.15) is 31.7 Å². The Morgan fingerprint density at radius 2 is 2.04 bits per heavy atom. The highest BCUT2D eigenvalue weighted by atomic mass is 32.2. The molecule has 2 aliphatic heterocycles. The fourth-order valence-electron chi connectivity index (χ4n) is 3.37. The molecule has 1 aromatic carbocycles. The average Bonchev–Trinajstić information content (AvgIpc) is 3.01. The maximum Gasteiger partial charge on any atom is 0.243 e. The summed E-state index contributed by atoms with van der Waals surface area (Å²) in [5, 5.41) is 3.44. The van der Waals surface area contributed by atoms with Gasteiger partial charge in [-0.05, 0) is 37.5 Å². The van der Waals surface area contributed by atoms with E-state index in [0.29, 0.717) is 36.5 Å². The van der Waals surface area contributed by atoms with Crippen LogP contribution in [0.15, 0.2) is 29.2 Å². The second-order valence-corrected chi connectivity index (χ2v) is 8.75. The molecule has 6 nitrogen and oxygen atoms in total. The molecular formula is C17H28N4O2S. The van der Waals surface area contributed by atoms with Crippen molar-refractivity contribution < 1.29 is 8.42 Å². The first-order chi connectivity index (χ1) is 11.6. The van der Waals surface area contributed by atoms with Crippen molar-refractivity contribution in [1.29, 1.82) is 0 Å². The number of piperidine rings is 1. The van der Waals surface area contributed by atoms with Crippen molar-refractivity contribution in [2.24, 2.45) is 5.92 Å². The number of nitrogens with one attached hydrogen (secondary N) is 3. The van der Waals surface area contributed by atoms with E-state index >= 15 is 0 Å². The smallest absolute Gasteiger partial charge is 0.243 e. The van der Waals surface area contributed by atoms with Crippen molar-refractivity contribution in [2.75, 3.05) is 26.2 Å². The van der Waals surface area contributed by atoms with Crippen LogP contribution in [0.2, 0.25) is 0 Å². The van der Waals surface area contributed by atoms with Gasteiger partial charge in [-0.1, -0.05) is 18.6 Å². The molecule has 0 aromatic heterocycles. The Labute approximate surface area is 145 Å². The molecule has 0 amide bonds. The van der Waals surface area contributed by atoms with Gasteiger partial charge in [-0.25, -0.2) is 8.42 Å². The summed E-state index contributed by atoms with van der Waals surface area (Å²) in [7, 11) is -3.35. The van der Waals surface area contributed by atoms with E-state index in [1.165, 1.54) is 0 Å². The van der Waals surface area contributed by atoms with Gasteiger partial charge in [-0.3, -0.25) is 10.9 Å². The van der Waals surface area contributed by atoms with Crippen molar-refractivity contribution >= 4 is 10.0 Å². The van der Waals surface area contributed by atoms with Crippen LogP contribution < -0.4 is 16.2 Å². The molecule has 3 N–H and O–H groups in total. The van der Waals surface area contributed by atoms with Crippen LogP contribution in [0.5, 0.6) is 0 Å². The van der Waals surface area contributed by atoms with Gasteiger partial charge in [0.2, 0.25) is 10.0 Å². The molecule has 2 unspecified atom stereocenters. The lowest BCUT2D eigenvalue weighted by atomic mass is 10.0. The molecule has 134 valence electrons. The summed E-state index contributed by atoms with van der Waals surface area (Å²) in [5.74, 6) is 0.547. The molecule has 24 heavy (non-hydrogen) atoms. The van der Waals surface area contributed by atoms with Gasteiger partial charge in [-0.2, -0.15) is 4.31 Å². The molecule has 7 heteroatoms. The first-order valence-electron chi connectivity index (χ1n) is 8.85. The maximum absolute atomic E-state index is 12.8. The number of sulfonamides is 1. The molecule has 1 aromatic rings. The van der Waals surface area contributed by atoms with E-state index in [1.54, 1.807) is 10.4 Å². The number of nitrogens with zero attached hydrogens (tertiary/aromatic N) is 1.